The molecule has 3 aromatic rings. The van der Waals surface area contributed by atoms with Gasteiger partial charge >= 0.3 is 0 Å². The molecule has 0 atom stereocenters. The van der Waals surface area contributed by atoms with Crippen LogP contribution in [0.2, 0.25) is 0 Å². The molecule has 0 saturated heterocycles. The van der Waals surface area contributed by atoms with Crippen LogP contribution in [0.15, 0.2) is 65.0 Å². The zero-order valence-corrected chi connectivity index (χ0v) is 16.8. The van der Waals surface area contributed by atoms with E-state index in [4.69, 9.17) is 0 Å². The number of anilines is 2. The summed E-state index contributed by atoms with van der Waals surface area (Å²) in [5, 5.41) is 14.5. The average Bonchev–Trinajstić information content (AvgIpc) is 3.18. The van der Waals surface area contributed by atoms with E-state index in [1.54, 1.807) is 37.3 Å². The number of hydrogen-bond donors (Lipinski definition) is 1. The number of nitro benzene ring substituents is 1. The molecule has 1 amide bonds. The first kappa shape index (κ1) is 20.4. The Morgan fingerprint density at radius 1 is 1.17 bits per heavy atom. The summed E-state index contributed by atoms with van der Waals surface area (Å²) in [7, 11) is -3.89. The fraction of sp³-hybridized carbons (Fsp3) is 0.111. The molecule has 0 spiro atoms. The van der Waals surface area contributed by atoms with Crippen molar-refractivity contribution in [1.82, 2.24) is 4.98 Å². The summed E-state index contributed by atoms with van der Waals surface area (Å²) < 4.78 is 27.1. The smallest absolute Gasteiger partial charge is 0.282 e. The van der Waals surface area contributed by atoms with Crippen LogP contribution in [0.3, 0.4) is 0 Å². The molecular weight excluding hydrogens is 416 g/mol. The summed E-state index contributed by atoms with van der Waals surface area (Å²) in [5.41, 5.74) is 0.568. The molecule has 0 unspecified atom stereocenters. The molecule has 3 rings (SSSR count). The van der Waals surface area contributed by atoms with Gasteiger partial charge in [0.2, 0.25) is 0 Å². The van der Waals surface area contributed by atoms with Gasteiger partial charge in [-0.2, -0.15) is 8.42 Å². The number of rotatable bonds is 7. The first-order valence-corrected chi connectivity index (χ1v) is 10.7. The first-order valence-electron chi connectivity index (χ1n) is 8.42. The summed E-state index contributed by atoms with van der Waals surface area (Å²) >= 11 is 0.973. The summed E-state index contributed by atoms with van der Waals surface area (Å²) in [6.45, 7) is 1.93. The molecule has 2 aromatic carbocycles. The van der Waals surface area contributed by atoms with Crippen LogP contribution in [0.5, 0.6) is 0 Å². The highest BCUT2D eigenvalue weighted by molar-refractivity contribution is 7.92. The highest BCUT2D eigenvalue weighted by atomic mass is 32.2. The van der Waals surface area contributed by atoms with Crippen molar-refractivity contribution in [1.29, 1.82) is 0 Å². The molecule has 0 fully saturated rings. The van der Waals surface area contributed by atoms with Gasteiger partial charge in [-0.25, -0.2) is 4.98 Å². The second-order valence-electron chi connectivity index (χ2n) is 5.75. The molecule has 0 saturated carbocycles. The standard InChI is InChI=1S/C18H16N4O5S2/c1-2-21(14-6-4-3-5-7-14)29(26,27)16-12-28-18(19-16)20-17(23)13-8-10-15(11-9-13)22(24)25/h3-12H,2H2,1H3,(H,19,20,23). The molecule has 29 heavy (non-hydrogen) atoms. The molecule has 0 aliphatic rings. The van der Waals surface area contributed by atoms with Gasteiger partial charge in [-0.05, 0) is 31.2 Å². The lowest BCUT2D eigenvalue weighted by Crippen LogP contribution is -2.31. The Morgan fingerprint density at radius 2 is 1.83 bits per heavy atom. The Balaban J connectivity index is 1.79. The van der Waals surface area contributed by atoms with Gasteiger partial charge < -0.3 is 0 Å². The van der Waals surface area contributed by atoms with E-state index >= 15 is 0 Å². The van der Waals surface area contributed by atoms with Crippen molar-refractivity contribution in [3.63, 3.8) is 0 Å². The molecular formula is C18H16N4O5S2. The van der Waals surface area contributed by atoms with Crippen LogP contribution in [0.1, 0.15) is 17.3 Å². The number of amides is 1. The summed E-state index contributed by atoms with van der Waals surface area (Å²) in [5.74, 6) is -0.548. The number of nitrogens with zero attached hydrogens (tertiary/aromatic N) is 3. The van der Waals surface area contributed by atoms with Crippen LogP contribution >= 0.6 is 11.3 Å². The van der Waals surface area contributed by atoms with Gasteiger partial charge in [-0.1, -0.05) is 18.2 Å². The number of carbonyl (C=O) groups excluding carboxylic acids is 1. The number of nitrogens with one attached hydrogen (secondary N) is 1. The second kappa shape index (κ2) is 8.37. The highest BCUT2D eigenvalue weighted by Gasteiger charge is 2.26. The SMILES string of the molecule is CCN(c1ccccc1)S(=O)(=O)c1csc(NC(=O)c2ccc([N+](=O)[O-])cc2)n1. The van der Waals surface area contributed by atoms with E-state index < -0.39 is 20.9 Å². The summed E-state index contributed by atoms with van der Waals surface area (Å²) in [6, 6.07) is 13.7. The molecule has 150 valence electrons. The number of aromatic nitrogens is 1. The van der Waals surface area contributed by atoms with Crippen LogP contribution in [0, 0.1) is 10.1 Å². The second-order valence-corrected chi connectivity index (χ2v) is 8.42. The number of benzene rings is 2. The third-order valence-electron chi connectivity index (χ3n) is 3.93. The lowest BCUT2D eigenvalue weighted by molar-refractivity contribution is -0.384. The topological polar surface area (TPSA) is 123 Å². The molecule has 1 aromatic heterocycles. The number of thiazole rings is 1. The third kappa shape index (κ3) is 4.41. The molecule has 9 nitrogen and oxygen atoms in total. The maximum atomic E-state index is 12.9. The Labute approximate surface area is 170 Å². The zero-order valence-electron chi connectivity index (χ0n) is 15.2. The van der Waals surface area contributed by atoms with Gasteiger partial charge in [0, 0.05) is 29.6 Å². The minimum absolute atomic E-state index is 0.107. The maximum Gasteiger partial charge on any atom is 0.282 e. The number of carbonyl (C=O) groups is 1. The molecule has 0 radical (unpaired) electrons. The Bertz CT molecular complexity index is 1130. The molecule has 0 bridgehead atoms. The minimum atomic E-state index is -3.89. The van der Waals surface area contributed by atoms with E-state index in [1.807, 2.05) is 0 Å². The normalized spacial score (nSPS) is 11.1. The zero-order chi connectivity index (χ0) is 21.0. The Morgan fingerprint density at radius 3 is 2.41 bits per heavy atom. The monoisotopic (exact) mass is 432 g/mol. The van der Waals surface area contributed by atoms with E-state index in [9.17, 15) is 23.3 Å². The number of non-ortho nitro benzene ring substituents is 1. The van der Waals surface area contributed by atoms with Crippen molar-refractivity contribution in [3.05, 3.63) is 75.7 Å². The van der Waals surface area contributed by atoms with E-state index in [0.717, 1.165) is 11.3 Å². The predicted molar refractivity (Wildman–Crippen MR) is 110 cm³/mol. The van der Waals surface area contributed by atoms with Crippen LogP contribution in [-0.4, -0.2) is 30.8 Å². The maximum absolute atomic E-state index is 12.9. The number of sulfonamides is 1. The van der Waals surface area contributed by atoms with Gasteiger partial charge in [0.25, 0.3) is 21.6 Å². The van der Waals surface area contributed by atoms with Crippen molar-refractivity contribution < 1.29 is 18.1 Å². The Hall–Kier alpha value is -3.31. The van der Waals surface area contributed by atoms with Crippen LogP contribution in [0.25, 0.3) is 0 Å². The number of para-hydroxylation sites is 1. The van der Waals surface area contributed by atoms with Crippen LogP contribution < -0.4 is 9.62 Å². The van der Waals surface area contributed by atoms with Crippen molar-refractivity contribution >= 4 is 43.8 Å². The van der Waals surface area contributed by atoms with Crippen molar-refractivity contribution in [2.24, 2.45) is 0 Å². The van der Waals surface area contributed by atoms with E-state index in [0.29, 0.717) is 5.69 Å². The number of hydrogen-bond acceptors (Lipinski definition) is 7. The molecule has 0 aliphatic carbocycles. The summed E-state index contributed by atoms with van der Waals surface area (Å²) in [4.78, 5) is 26.5. The van der Waals surface area contributed by atoms with Gasteiger partial charge in [-0.15, -0.1) is 11.3 Å². The quantitative estimate of drug-likeness (QED) is 0.450. The molecule has 1 N–H and O–H groups in total. The van der Waals surface area contributed by atoms with Crippen molar-refractivity contribution in [2.45, 2.75) is 11.9 Å². The minimum Gasteiger partial charge on any atom is -0.298 e. The van der Waals surface area contributed by atoms with Crippen molar-refractivity contribution in [2.75, 3.05) is 16.2 Å². The highest BCUT2D eigenvalue weighted by Crippen LogP contribution is 2.26. The van der Waals surface area contributed by atoms with Gasteiger partial charge in [0.15, 0.2) is 10.2 Å². The Kier molecular flexibility index (Phi) is 5.89. The van der Waals surface area contributed by atoms with E-state index in [-0.39, 0.29) is 28.0 Å². The predicted octanol–water partition coefficient (Wildman–Crippen LogP) is 3.52. The van der Waals surface area contributed by atoms with E-state index in [1.165, 1.54) is 34.0 Å². The largest absolute Gasteiger partial charge is 0.298 e. The van der Waals surface area contributed by atoms with Gasteiger partial charge in [0.05, 0.1) is 10.6 Å². The molecule has 0 aliphatic heterocycles. The lowest BCUT2D eigenvalue weighted by atomic mass is 10.2. The van der Waals surface area contributed by atoms with Crippen molar-refractivity contribution in [3.8, 4) is 0 Å². The summed E-state index contributed by atoms with van der Waals surface area (Å²) in [6.07, 6.45) is 0. The fourth-order valence-electron chi connectivity index (χ4n) is 2.54. The molecule has 11 heteroatoms. The van der Waals surface area contributed by atoms with Gasteiger partial charge in [0.1, 0.15) is 0 Å². The number of nitro groups is 1. The third-order valence-corrected chi connectivity index (χ3v) is 6.62. The average molecular weight is 432 g/mol. The van der Waals surface area contributed by atoms with E-state index in [2.05, 4.69) is 10.3 Å². The molecule has 1 heterocycles. The lowest BCUT2D eigenvalue weighted by Gasteiger charge is -2.21. The van der Waals surface area contributed by atoms with Crippen LogP contribution in [-0.2, 0) is 10.0 Å². The van der Waals surface area contributed by atoms with Crippen LogP contribution in [0.4, 0.5) is 16.5 Å². The fourth-order valence-corrected chi connectivity index (χ4v) is 4.97. The van der Waals surface area contributed by atoms with Gasteiger partial charge in [-0.3, -0.25) is 24.5 Å². The first-order chi connectivity index (χ1) is 13.8.